The Bertz CT molecular complexity index is 642. The number of rotatable bonds is 6. The van der Waals surface area contributed by atoms with Crippen LogP contribution in [0.3, 0.4) is 0 Å². The Kier molecular flexibility index (Phi) is 5.71. The quantitative estimate of drug-likeness (QED) is 0.483. The van der Waals surface area contributed by atoms with Gasteiger partial charge in [0.1, 0.15) is 18.3 Å². The first-order chi connectivity index (χ1) is 10.9. The van der Waals surface area contributed by atoms with Crippen molar-refractivity contribution in [3.8, 4) is 0 Å². The van der Waals surface area contributed by atoms with Crippen LogP contribution in [0.1, 0.15) is 24.6 Å². The molecule has 0 aromatic carbocycles. The van der Waals surface area contributed by atoms with Crippen molar-refractivity contribution in [1.29, 1.82) is 0 Å². The van der Waals surface area contributed by atoms with Crippen LogP contribution in [-0.4, -0.2) is 57.8 Å². The summed E-state index contributed by atoms with van der Waals surface area (Å²) in [6, 6.07) is 0. The number of aromatic nitrogens is 2. The maximum Gasteiger partial charge on any atom is 0.330 e. The molecule has 1 aromatic heterocycles. The third-order valence-electron chi connectivity index (χ3n) is 4.03. The third-order valence-corrected chi connectivity index (χ3v) is 4.03. The summed E-state index contributed by atoms with van der Waals surface area (Å²) in [7, 11) is 1.38. The van der Waals surface area contributed by atoms with Crippen LogP contribution in [0.4, 0.5) is 0 Å². The minimum absolute atomic E-state index is 0.324. The van der Waals surface area contributed by atoms with Crippen LogP contribution in [0.25, 0.3) is 0 Å². The number of methoxy groups -OCH3 is 1. The highest BCUT2D eigenvalue weighted by molar-refractivity contribution is 5.03. The first-order valence-corrected chi connectivity index (χ1v) is 7.47. The Morgan fingerprint density at radius 1 is 1.52 bits per heavy atom. The molecule has 0 amide bonds. The summed E-state index contributed by atoms with van der Waals surface area (Å²) in [5.74, 6) is 0. The lowest BCUT2D eigenvalue weighted by Gasteiger charge is -2.21. The molecule has 0 spiro atoms. The van der Waals surface area contributed by atoms with Gasteiger partial charge in [0.25, 0.3) is 5.56 Å². The lowest BCUT2D eigenvalue weighted by atomic mass is 10.0. The first kappa shape index (κ1) is 17.8. The van der Waals surface area contributed by atoms with E-state index in [1.54, 1.807) is 6.92 Å². The number of hydrogen-bond acceptors (Lipinski definition) is 7. The van der Waals surface area contributed by atoms with E-state index in [4.69, 9.17) is 15.2 Å². The number of nitrogens with one attached hydrogen (secondary N) is 1. The van der Waals surface area contributed by atoms with Gasteiger partial charge in [0, 0.05) is 18.9 Å². The summed E-state index contributed by atoms with van der Waals surface area (Å²) in [4.78, 5) is 25.7. The molecule has 9 heteroatoms. The molecule has 0 unspecified atom stereocenters. The van der Waals surface area contributed by atoms with E-state index in [2.05, 4.69) is 4.98 Å². The van der Waals surface area contributed by atoms with Crippen LogP contribution < -0.4 is 17.0 Å². The number of aliphatic hydroxyl groups is 2. The van der Waals surface area contributed by atoms with Gasteiger partial charge in [-0.25, -0.2) is 4.79 Å². The molecular formula is C14H23N3O6. The van der Waals surface area contributed by atoms with Crippen LogP contribution in [0.15, 0.2) is 15.8 Å². The summed E-state index contributed by atoms with van der Waals surface area (Å²) >= 11 is 0. The lowest BCUT2D eigenvalue weighted by molar-refractivity contribution is -0.0895. The van der Waals surface area contributed by atoms with Crippen LogP contribution >= 0.6 is 0 Å². The molecule has 0 aliphatic carbocycles. The number of nitrogens with two attached hydrogens (primary N) is 1. The Morgan fingerprint density at radius 3 is 2.83 bits per heavy atom. The fraction of sp³-hybridized carbons (Fsp3) is 0.714. The number of hydrogen-bond donors (Lipinski definition) is 4. The van der Waals surface area contributed by atoms with Crippen molar-refractivity contribution in [3.63, 3.8) is 0 Å². The molecule has 130 valence electrons. The number of ether oxygens (including phenoxy) is 2. The molecule has 9 nitrogen and oxygen atoms in total. The highest BCUT2D eigenvalue weighted by Crippen LogP contribution is 2.33. The number of aromatic amines is 1. The van der Waals surface area contributed by atoms with E-state index < -0.39 is 41.9 Å². The molecule has 5 N–H and O–H groups in total. The monoisotopic (exact) mass is 329 g/mol. The van der Waals surface area contributed by atoms with Gasteiger partial charge >= 0.3 is 5.69 Å². The van der Waals surface area contributed by atoms with Gasteiger partial charge < -0.3 is 25.4 Å². The van der Waals surface area contributed by atoms with E-state index in [0.717, 1.165) is 4.57 Å². The van der Waals surface area contributed by atoms with Crippen LogP contribution in [0, 0.1) is 6.92 Å². The van der Waals surface area contributed by atoms with Gasteiger partial charge in [0.15, 0.2) is 6.23 Å². The van der Waals surface area contributed by atoms with Gasteiger partial charge in [-0.15, -0.1) is 0 Å². The molecule has 1 aromatic rings. The summed E-state index contributed by atoms with van der Waals surface area (Å²) in [6.07, 6.45) is -2.47. The van der Waals surface area contributed by atoms with Crippen molar-refractivity contribution >= 4 is 0 Å². The maximum absolute atomic E-state index is 12.0. The lowest BCUT2D eigenvalue weighted by Crippen LogP contribution is -2.40. The molecule has 2 rings (SSSR count). The summed E-state index contributed by atoms with van der Waals surface area (Å²) in [5.41, 5.74) is 4.58. The number of H-pyrrole nitrogens is 1. The first-order valence-electron chi connectivity index (χ1n) is 7.47. The molecule has 0 radical (unpaired) electrons. The molecule has 1 saturated heterocycles. The number of aliphatic hydroxyl groups excluding tert-OH is 2. The van der Waals surface area contributed by atoms with Gasteiger partial charge in [-0.2, -0.15) is 0 Å². The van der Waals surface area contributed by atoms with E-state index in [1.165, 1.54) is 13.3 Å². The smallest absolute Gasteiger partial charge is 0.330 e. The van der Waals surface area contributed by atoms with Crippen molar-refractivity contribution in [1.82, 2.24) is 9.55 Å². The number of aryl methyl sites for hydroxylation is 1. The molecule has 1 aliphatic heterocycles. The van der Waals surface area contributed by atoms with Crippen molar-refractivity contribution < 1.29 is 19.7 Å². The Morgan fingerprint density at radius 2 is 2.22 bits per heavy atom. The summed E-state index contributed by atoms with van der Waals surface area (Å²) in [5, 5.41) is 20.5. The standard InChI is InChI=1S/C14H23N3O6/c1-7-6-17(14(21)16-12(7)20)13-11(22-2)9(19)10(23-13)8(18)4-3-5-15/h6,8-11,13,18-19H,3-5,15H2,1-2H3,(H,16,20,21)/t8-,9-,10+,11-,13+/m0/s1. The average molecular weight is 329 g/mol. The largest absolute Gasteiger partial charge is 0.390 e. The maximum atomic E-state index is 12.0. The fourth-order valence-electron chi connectivity index (χ4n) is 2.74. The normalized spacial score (nSPS) is 28.9. The van der Waals surface area contributed by atoms with Gasteiger partial charge in [0.2, 0.25) is 0 Å². The highest BCUT2D eigenvalue weighted by Gasteiger charge is 2.48. The topological polar surface area (TPSA) is 140 Å². The zero-order chi connectivity index (χ0) is 17.1. The molecule has 2 heterocycles. The molecule has 5 atom stereocenters. The second kappa shape index (κ2) is 7.37. The molecule has 0 saturated carbocycles. The van der Waals surface area contributed by atoms with Gasteiger partial charge in [-0.3, -0.25) is 14.3 Å². The van der Waals surface area contributed by atoms with E-state index in [-0.39, 0.29) is 0 Å². The van der Waals surface area contributed by atoms with Crippen molar-refractivity contribution in [2.75, 3.05) is 13.7 Å². The average Bonchev–Trinajstić information content (AvgIpc) is 2.85. The van der Waals surface area contributed by atoms with Crippen molar-refractivity contribution in [2.24, 2.45) is 5.73 Å². The zero-order valence-corrected chi connectivity index (χ0v) is 13.1. The van der Waals surface area contributed by atoms with E-state index >= 15 is 0 Å². The zero-order valence-electron chi connectivity index (χ0n) is 13.1. The van der Waals surface area contributed by atoms with Crippen LogP contribution in [-0.2, 0) is 9.47 Å². The van der Waals surface area contributed by atoms with Gasteiger partial charge in [0.05, 0.1) is 6.10 Å². The Hall–Kier alpha value is -1.52. The fourth-order valence-corrected chi connectivity index (χ4v) is 2.74. The second-order valence-electron chi connectivity index (χ2n) is 5.66. The van der Waals surface area contributed by atoms with Crippen LogP contribution in [0.5, 0.6) is 0 Å². The summed E-state index contributed by atoms with van der Waals surface area (Å²) < 4.78 is 12.1. The van der Waals surface area contributed by atoms with Crippen molar-refractivity contribution in [2.45, 2.75) is 50.4 Å². The van der Waals surface area contributed by atoms with Crippen molar-refractivity contribution in [3.05, 3.63) is 32.6 Å². The number of nitrogens with zero attached hydrogens (tertiary/aromatic N) is 1. The Labute approximate surface area is 132 Å². The Balaban J connectivity index is 2.30. The predicted octanol–water partition coefficient (Wildman–Crippen LogP) is -1.78. The van der Waals surface area contributed by atoms with E-state index in [1.807, 2.05) is 0 Å². The predicted molar refractivity (Wildman–Crippen MR) is 81.1 cm³/mol. The summed E-state index contributed by atoms with van der Waals surface area (Å²) in [6.45, 7) is 1.96. The molecule has 1 aliphatic rings. The minimum atomic E-state index is -1.11. The molecule has 1 fully saturated rings. The molecular weight excluding hydrogens is 306 g/mol. The minimum Gasteiger partial charge on any atom is -0.390 e. The highest BCUT2D eigenvalue weighted by atomic mass is 16.6. The second-order valence-corrected chi connectivity index (χ2v) is 5.66. The third kappa shape index (κ3) is 3.54. The van der Waals surface area contributed by atoms with Gasteiger partial charge in [-0.05, 0) is 26.3 Å². The van der Waals surface area contributed by atoms with E-state index in [0.29, 0.717) is 24.9 Å². The molecule has 0 bridgehead atoms. The van der Waals surface area contributed by atoms with Gasteiger partial charge in [-0.1, -0.05) is 0 Å². The van der Waals surface area contributed by atoms with Crippen LogP contribution in [0.2, 0.25) is 0 Å². The molecule has 23 heavy (non-hydrogen) atoms. The SMILES string of the molecule is CO[C@H]1[C@@H](O)[C@@H]([C@@H](O)CCCN)O[C@H]1n1cc(C)c(=O)[nH]c1=O. The van der Waals surface area contributed by atoms with E-state index in [9.17, 15) is 19.8 Å².